The van der Waals surface area contributed by atoms with Gasteiger partial charge in [-0.3, -0.25) is 0 Å². The molecule has 3 rings (SSSR count). The van der Waals surface area contributed by atoms with E-state index in [9.17, 15) is 4.79 Å². The van der Waals surface area contributed by atoms with Gasteiger partial charge >= 0.3 is 6.09 Å². The second-order valence-electron chi connectivity index (χ2n) is 8.70. The van der Waals surface area contributed by atoms with Crippen molar-refractivity contribution in [2.75, 3.05) is 19.8 Å². The molecule has 1 saturated heterocycles. The van der Waals surface area contributed by atoms with Crippen molar-refractivity contribution in [2.24, 2.45) is 0 Å². The Morgan fingerprint density at radius 2 is 1.72 bits per heavy atom. The summed E-state index contributed by atoms with van der Waals surface area (Å²) in [6.07, 6.45) is 1.58. The van der Waals surface area contributed by atoms with E-state index >= 15 is 0 Å². The molecule has 1 aliphatic rings. The van der Waals surface area contributed by atoms with Gasteiger partial charge in [-0.2, -0.15) is 0 Å². The van der Waals surface area contributed by atoms with E-state index in [1.807, 2.05) is 69.3 Å². The van der Waals surface area contributed by atoms with Gasteiger partial charge in [-0.25, -0.2) is 4.79 Å². The molecular weight excluding hydrogens is 406 g/mol. The van der Waals surface area contributed by atoms with Gasteiger partial charge in [0.2, 0.25) is 0 Å². The number of carbonyl (C=O) groups excluding carboxylic acids is 1. The molecule has 6 nitrogen and oxygen atoms in total. The van der Waals surface area contributed by atoms with Crippen LogP contribution in [0.25, 0.3) is 0 Å². The van der Waals surface area contributed by atoms with Crippen LogP contribution in [0.4, 0.5) is 4.79 Å². The highest BCUT2D eigenvalue weighted by atomic mass is 16.6. The molecule has 0 radical (unpaired) electrons. The molecule has 32 heavy (non-hydrogen) atoms. The molecule has 1 aliphatic heterocycles. The Morgan fingerprint density at radius 1 is 1.06 bits per heavy atom. The molecule has 0 spiro atoms. The molecule has 1 fully saturated rings. The molecule has 0 aliphatic carbocycles. The topological polar surface area (TPSA) is 68.2 Å². The lowest BCUT2D eigenvalue weighted by molar-refractivity contribution is 0.0187. The van der Waals surface area contributed by atoms with Crippen LogP contribution in [0.15, 0.2) is 48.5 Å². The highest BCUT2D eigenvalue weighted by molar-refractivity contribution is 5.69. The summed E-state index contributed by atoms with van der Waals surface area (Å²) in [4.78, 5) is 14.1. The lowest BCUT2D eigenvalue weighted by atomic mass is 10.1. The number of benzene rings is 2. The molecule has 1 unspecified atom stereocenters. The van der Waals surface area contributed by atoms with E-state index in [0.717, 1.165) is 29.7 Å². The van der Waals surface area contributed by atoms with Crippen molar-refractivity contribution < 1.29 is 24.1 Å². The molecule has 170 valence electrons. The average Bonchev–Trinajstić information content (AvgIpc) is 3.24. The number of ether oxygens (including phenoxy) is 3. The van der Waals surface area contributed by atoms with Gasteiger partial charge in [0.15, 0.2) is 0 Å². The van der Waals surface area contributed by atoms with Crippen molar-refractivity contribution in [3.8, 4) is 23.3 Å². The van der Waals surface area contributed by atoms with E-state index in [1.54, 1.807) is 4.90 Å². The van der Waals surface area contributed by atoms with E-state index in [4.69, 9.17) is 19.3 Å². The SMILES string of the molecule is CC(C)(C)OC(=O)N1CCCC1COc1ccc(OCC#Cc2ccc(CO)cc2)cc1. The third kappa shape index (κ3) is 7.21. The largest absolute Gasteiger partial charge is 0.491 e. The minimum atomic E-state index is -0.504. The molecule has 0 bridgehead atoms. The van der Waals surface area contributed by atoms with Crippen LogP contribution in [0.3, 0.4) is 0 Å². The quantitative estimate of drug-likeness (QED) is 0.679. The summed E-state index contributed by atoms with van der Waals surface area (Å²) in [7, 11) is 0. The maximum absolute atomic E-state index is 12.4. The molecule has 1 N–H and O–H groups in total. The average molecular weight is 438 g/mol. The standard InChI is InChI=1S/C26H31NO5/c1-26(2,3)32-25(29)27-16-4-7-22(27)19-31-24-14-12-23(13-15-24)30-17-5-6-20-8-10-21(18-28)11-9-20/h8-15,22,28H,4,7,16-19H2,1-3H3. The second-order valence-corrected chi connectivity index (χ2v) is 8.70. The minimum Gasteiger partial charge on any atom is -0.491 e. The van der Waals surface area contributed by atoms with Gasteiger partial charge in [0.05, 0.1) is 12.6 Å². The molecule has 2 aromatic rings. The Kier molecular flexibility index (Phi) is 8.02. The highest BCUT2D eigenvalue weighted by Crippen LogP contribution is 2.23. The first-order valence-corrected chi connectivity index (χ1v) is 10.9. The third-order valence-corrected chi connectivity index (χ3v) is 4.95. The van der Waals surface area contributed by atoms with E-state index in [2.05, 4.69) is 11.8 Å². The van der Waals surface area contributed by atoms with Crippen molar-refractivity contribution in [2.45, 2.75) is 51.9 Å². The van der Waals surface area contributed by atoms with Gasteiger partial charge in [-0.1, -0.05) is 24.0 Å². The Labute approximate surface area is 190 Å². The van der Waals surface area contributed by atoms with Crippen LogP contribution in [0, 0.1) is 11.8 Å². The van der Waals surface area contributed by atoms with Crippen molar-refractivity contribution in [3.63, 3.8) is 0 Å². The number of carbonyl (C=O) groups is 1. The van der Waals surface area contributed by atoms with Crippen LogP contribution < -0.4 is 9.47 Å². The molecule has 0 saturated carbocycles. The smallest absolute Gasteiger partial charge is 0.410 e. The second kappa shape index (κ2) is 10.9. The van der Waals surface area contributed by atoms with Crippen molar-refractivity contribution in [1.82, 2.24) is 4.90 Å². The van der Waals surface area contributed by atoms with Crippen LogP contribution >= 0.6 is 0 Å². The van der Waals surface area contributed by atoms with Crippen molar-refractivity contribution in [1.29, 1.82) is 0 Å². The predicted molar refractivity (Wildman–Crippen MR) is 123 cm³/mol. The monoisotopic (exact) mass is 437 g/mol. The van der Waals surface area contributed by atoms with E-state index in [0.29, 0.717) is 18.9 Å². The normalized spacial score (nSPS) is 15.6. The maximum atomic E-state index is 12.4. The molecule has 2 aromatic carbocycles. The Hall–Kier alpha value is -3.17. The van der Waals surface area contributed by atoms with Crippen LogP contribution in [-0.4, -0.2) is 47.5 Å². The number of amides is 1. The first kappa shape index (κ1) is 23.5. The number of hydrogen-bond acceptors (Lipinski definition) is 5. The van der Waals surface area contributed by atoms with Gasteiger partial charge in [0, 0.05) is 12.1 Å². The summed E-state index contributed by atoms with van der Waals surface area (Å²) in [6, 6.07) is 14.8. The number of rotatable bonds is 6. The Balaban J connectivity index is 1.44. The first-order chi connectivity index (χ1) is 15.3. The maximum Gasteiger partial charge on any atom is 0.410 e. The third-order valence-electron chi connectivity index (χ3n) is 4.95. The number of aliphatic hydroxyl groups excluding tert-OH is 1. The molecule has 1 amide bonds. The van der Waals surface area contributed by atoms with Gasteiger partial charge < -0.3 is 24.2 Å². The van der Waals surface area contributed by atoms with E-state index in [1.165, 1.54) is 0 Å². The van der Waals surface area contributed by atoms with Crippen LogP contribution in [0.5, 0.6) is 11.5 Å². The summed E-state index contributed by atoms with van der Waals surface area (Å²) in [5, 5.41) is 9.06. The fraction of sp³-hybridized carbons (Fsp3) is 0.423. The molecule has 1 atom stereocenters. The fourth-order valence-electron chi connectivity index (χ4n) is 3.35. The highest BCUT2D eigenvalue weighted by Gasteiger charge is 2.32. The summed E-state index contributed by atoms with van der Waals surface area (Å²) in [6.45, 7) is 7.04. The van der Waals surface area contributed by atoms with Crippen LogP contribution in [0.1, 0.15) is 44.7 Å². The van der Waals surface area contributed by atoms with Gasteiger partial charge in [0.1, 0.15) is 30.3 Å². The predicted octanol–water partition coefficient (Wildman–Crippen LogP) is 4.39. The lowest BCUT2D eigenvalue weighted by Gasteiger charge is -2.28. The van der Waals surface area contributed by atoms with Gasteiger partial charge in [0.25, 0.3) is 0 Å². The van der Waals surface area contributed by atoms with Crippen LogP contribution in [-0.2, 0) is 11.3 Å². The van der Waals surface area contributed by atoms with Crippen molar-refractivity contribution >= 4 is 6.09 Å². The first-order valence-electron chi connectivity index (χ1n) is 10.9. The number of nitrogens with zero attached hydrogens (tertiary/aromatic N) is 1. The van der Waals surface area contributed by atoms with E-state index < -0.39 is 5.60 Å². The molecule has 1 heterocycles. The number of likely N-dealkylation sites (tertiary alicyclic amines) is 1. The summed E-state index contributed by atoms with van der Waals surface area (Å²) >= 11 is 0. The molecular formula is C26H31NO5. The molecule has 0 aromatic heterocycles. The summed E-state index contributed by atoms with van der Waals surface area (Å²) in [5.74, 6) is 7.45. The fourth-order valence-corrected chi connectivity index (χ4v) is 3.35. The Morgan fingerprint density at radius 3 is 2.34 bits per heavy atom. The molecule has 6 heteroatoms. The zero-order valence-corrected chi connectivity index (χ0v) is 19.0. The Bertz CT molecular complexity index is 935. The number of hydrogen-bond donors (Lipinski definition) is 1. The summed E-state index contributed by atoms with van der Waals surface area (Å²) < 4.78 is 17.1. The van der Waals surface area contributed by atoms with Crippen LogP contribution in [0.2, 0.25) is 0 Å². The van der Waals surface area contributed by atoms with Crippen molar-refractivity contribution in [3.05, 3.63) is 59.7 Å². The van der Waals surface area contributed by atoms with Gasteiger partial charge in [-0.05, 0) is 75.6 Å². The number of aliphatic hydroxyl groups is 1. The van der Waals surface area contributed by atoms with Gasteiger partial charge in [-0.15, -0.1) is 0 Å². The summed E-state index contributed by atoms with van der Waals surface area (Å²) in [5.41, 5.74) is 1.23. The lowest BCUT2D eigenvalue weighted by Crippen LogP contribution is -2.42. The van der Waals surface area contributed by atoms with E-state index in [-0.39, 0.29) is 25.3 Å². The minimum absolute atomic E-state index is 0.0162. The zero-order valence-electron chi connectivity index (χ0n) is 19.0. The zero-order chi connectivity index (χ0) is 23.0.